The predicted octanol–water partition coefficient (Wildman–Crippen LogP) is 4.46. The normalized spacial score (nSPS) is 12.1. The Kier molecular flexibility index (Phi) is 5.40. The van der Waals surface area contributed by atoms with Gasteiger partial charge in [0.05, 0.1) is 11.4 Å². The molecule has 0 saturated carbocycles. The van der Waals surface area contributed by atoms with Gasteiger partial charge in [-0.3, -0.25) is 4.72 Å². The Hall–Kier alpha value is -2.43. The highest BCUT2D eigenvalue weighted by molar-refractivity contribution is 7.92. The van der Waals surface area contributed by atoms with Gasteiger partial charge in [0.15, 0.2) is 17.4 Å². The first-order valence-corrected chi connectivity index (χ1v) is 8.61. The molecule has 0 unspecified atom stereocenters. The third kappa shape index (κ3) is 5.04. The minimum atomic E-state index is -5.04. The van der Waals surface area contributed by atoms with E-state index in [-0.39, 0.29) is 5.69 Å². The lowest BCUT2D eigenvalue weighted by molar-refractivity contribution is -0.106. The third-order valence-electron chi connectivity index (χ3n) is 3.10. The number of alkyl halides is 3. The Morgan fingerprint density at radius 1 is 0.962 bits per heavy atom. The molecule has 0 atom stereocenters. The molecule has 2 aromatic rings. The molecular formula is C15H12F6N2O2S. The molecule has 0 aliphatic rings. The average Bonchev–Trinajstić information content (AvgIpc) is 2.46. The molecule has 26 heavy (non-hydrogen) atoms. The molecule has 11 heteroatoms. The van der Waals surface area contributed by atoms with Gasteiger partial charge < -0.3 is 5.32 Å². The first-order chi connectivity index (χ1) is 11.9. The van der Waals surface area contributed by atoms with Crippen molar-refractivity contribution in [1.29, 1.82) is 0 Å². The lowest BCUT2D eigenvalue weighted by Crippen LogP contribution is -2.28. The highest BCUT2D eigenvalue weighted by Crippen LogP contribution is 2.32. The van der Waals surface area contributed by atoms with Crippen LogP contribution in [0.5, 0.6) is 0 Å². The highest BCUT2D eigenvalue weighted by Gasteiger charge is 2.35. The molecule has 0 aliphatic carbocycles. The second-order valence-corrected chi connectivity index (χ2v) is 7.09. The fraction of sp³-hybridized carbons (Fsp3) is 0.200. The van der Waals surface area contributed by atoms with E-state index < -0.39 is 50.8 Å². The summed E-state index contributed by atoms with van der Waals surface area (Å²) in [7, 11) is -4.95. The maximum atomic E-state index is 14.1. The number of hydrogen-bond donors (Lipinski definition) is 2. The van der Waals surface area contributed by atoms with E-state index in [0.29, 0.717) is 11.6 Å². The van der Waals surface area contributed by atoms with Crippen molar-refractivity contribution in [3.05, 3.63) is 53.3 Å². The molecule has 0 fully saturated rings. The zero-order valence-electron chi connectivity index (χ0n) is 13.1. The van der Waals surface area contributed by atoms with Gasteiger partial charge in [-0.2, -0.15) is 13.2 Å². The van der Waals surface area contributed by atoms with Gasteiger partial charge in [-0.25, -0.2) is 21.6 Å². The van der Waals surface area contributed by atoms with Crippen molar-refractivity contribution in [1.82, 2.24) is 0 Å². The van der Waals surface area contributed by atoms with Gasteiger partial charge in [-0.1, -0.05) is 6.07 Å². The SMILES string of the molecule is Cc1ccc(Nc2c(NS(=O)(=O)CC(F)(F)F)ccc(F)c2F)c(F)c1. The Balaban J connectivity index is 2.44. The Morgan fingerprint density at radius 2 is 1.58 bits per heavy atom. The smallest absolute Gasteiger partial charge is 0.349 e. The van der Waals surface area contributed by atoms with Gasteiger partial charge >= 0.3 is 6.18 Å². The van der Waals surface area contributed by atoms with E-state index in [1.807, 2.05) is 0 Å². The molecule has 0 heterocycles. The van der Waals surface area contributed by atoms with Crippen LogP contribution in [0.4, 0.5) is 43.4 Å². The molecule has 2 N–H and O–H groups in total. The Labute approximate surface area is 144 Å². The van der Waals surface area contributed by atoms with Crippen LogP contribution in [-0.2, 0) is 10.0 Å². The molecule has 0 bridgehead atoms. The highest BCUT2D eigenvalue weighted by atomic mass is 32.2. The van der Waals surface area contributed by atoms with Crippen LogP contribution in [0.25, 0.3) is 0 Å². The lowest BCUT2D eigenvalue weighted by Gasteiger charge is -2.16. The van der Waals surface area contributed by atoms with Crippen molar-refractivity contribution < 1.29 is 34.8 Å². The van der Waals surface area contributed by atoms with Crippen molar-refractivity contribution in [3.8, 4) is 0 Å². The van der Waals surface area contributed by atoms with Crippen molar-refractivity contribution in [2.75, 3.05) is 15.8 Å². The number of aryl methyl sites for hydroxylation is 1. The molecule has 2 aromatic carbocycles. The van der Waals surface area contributed by atoms with Crippen LogP contribution in [0, 0.1) is 24.4 Å². The Morgan fingerprint density at radius 3 is 2.15 bits per heavy atom. The second-order valence-electron chi connectivity index (χ2n) is 5.37. The fourth-order valence-corrected chi connectivity index (χ4v) is 3.04. The van der Waals surface area contributed by atoms with Crippen LogP contribution in [0.2, 0.25) is 0 Å². The van der Waals surface area contributed by atoms with Crippen molar-refractivity contribution in [2.24, 2.45) is 0 Å². The number of anilines is 3. The van der Waals surface area contributed by atoms with Gasteiger partial charge in [0.1, 0.15) is 11.5 Å². The molecular weight excluding hydrogens is 386 g/mol. The van der Waals surface area contributed by atoms with Crippen LogP contribution < -0.4 is 10.0 Å². The molecule has 0 aromatic heterocycles. The second kappa shape index (κ2) is 7.06. The van der Waals surface area contributed by atoms with E-state index in [9.17, 15) is 34.8 Å². The number of sulfonamides is 1. The standard InChI is InChI=1S/C15H12F6N2O2S/c1-8-2-4-11(10(17)6-8)22-14-12(5-3-9(16)13(14)18)23-26(24,25)7-15(19,20)21/h2-6,22-23H,7H2,1H3. The largest absolute Gasteiger partial charge is 0.404 e. The van der Waals surface area contributed by atoms with Crippen LogP contribution in [0.3, 0.4) is 0 Å². The summed E-state index contributed by atoms with van der Waals surface area (Å²) in [6.45, 7) is 1.58. The topological polar surface area (TPSA) is 58.2 Å². The van der Waals surface area contributed by atoms with Gasteiger partial charge in [0.25, 0.3) is 0 Å². The minimum Gasteiger partial charge on any atom is -0.349 e. The van der Waals surface area contributed by atoms with E-state index in [4.69, 9.17) is 0 Å². The molecule has 2 rings (SSSR count). The zero-order valence-corrected chi connectivity index (χ0v) is 13.9. The number of nitrogens with one attached hydrogen (secondary N) is 2. The van der Waals surface area contributed by atoms with E-state index in [1.54, 1.807) is 6.92 Å². The van der Waals surface area contributed by atoms with E-state index in [1.165, 1.54) is 16.9 Å². The number of benzene rings is 2. The summed E-state index contributed by atoms with van der Waals surface area (Å²) in [6.07, 6.45) is -5.04. The summed E-state index contributed by atoms with van der Waals surface area (Å²) in [5.41, 5.74) is -1.35. The number of hydrogen-bond acceptors (Lipinski definition) is 3. The van der Waals surface area contributed by atoms with E-state index in [0.717, 1.165) is 12.1 Å². The average molecular weight is 398 g/mol. The predicted molar refractivity (Wildman–Crippen MR) is 84.2 cm³/mol. The third-order valence-corrected chi connectivity index (χ3v) is 4.34. The molecule has 0 saturated heterocycles. The molecule has 0 spiro atoms. The number of rotatable bonds is 5. The van der Waals surface area contributed by atoms with Crippen LogP contribution >= 0.6 is 0 Å². The maximum absolute atomic E-state index is 14.1. The van der Waals surface area contributed by atoms with Gasteiger partial charge in [0, 0.05) is 0 Å². The lowest BCUT2D eigenvalue weighted by atomic mass is 10.2. The summed E-state index contributed by atoms with van der Waals surface area (Å²) in [5, 5.41) is 2.16. The first kappa shape index (κ1) is 19.9. The first-order valence-electron chi connectivity index (χ1n) is 6.96. The van der Waals surface area contributed by atoms with Gasteiger partial charge in [0.2, 0.25) is 10.0 Å². The molecule has 142 valence electrons. The molecule has 0 amide bonds. The summed E-state index contributed by atoms with van der Waals surface area (Å²) in [6, 6.07) is 4.95. The molecule has 4 nitrogen and oxygen atoms in total. The van der Waals surface area contributed by atoms with Gasteiger partial charge in [-0.05, 0) is 36.8 Å². The van der Waals surface area contributed by atoms with Crippen LogP contribution in [-0.4, -0.2) is 20.3 Å². The Bertz CT molecular complexity index is 928. The van der Waals surface area contributed by atoms with Crippen molar-refractivity contribution in [3.63, 3.8) is 0 Å². The van der Waals surface area contributed by atoms with Gasteiger partial charge in [-0.15, -0.1) is 0 Å². The summed E-state index contributed by atoms with van der Waals surface area (Å²) in [5.74, 6) is -6.06. The van der Waals surface area contributed by atoms with Crippen LogP contribution in [0.15, 0.2) is 30.3 Å². The van der Waals surface area contributed by atoms with Crippen LogP contribution in [0.1, 0.15) is 5.56 Å². The zero-order chi connectivity index (χ0) is 19.7. The van der Waals surface area contributed by atoms with Crippen molar-refractivity contribution >= 4 is 27.1 Å². The number of halogens is 6. The summed E-state index contributed by atoms with van der Waals surface area (Å²) >= 11 is 0. The summed E-state index contributed by atoms with van der Waals surface area (Å²) < 4.78 is 103. The quantitative estimate of drug-likeness (QED) is 0.732. The minimum absolute atomic E-state index is 0.323. The van der Waals surface area contributed by atoms with E-state index in [2.05, 4.69) is 5.32 Å². The summed E-state index contributed by atoms with van der Waals surface area (Å²) in [4.78, 5) is 0. The maximum Gasteiger partial charge on any atom is 0.404 e. The fourth-order valence-electron chi connectivity index (χ4n) is 2.03. The monoisotopic (exact) mass is 398 g/mol. The van der Waals surface area contributed by atoms with Crippen molar-refractivity contribution in [2.45, 2.75) is 13.1 Å². The van der Waals surface area contributed by atoms with E-state index >= 15 is 0 Å². The molecule has 0 aliphatic heterocycles. The molecule has 0 radical (unpaired) electrons.